The third-order valence-corrected chi connectivity index (χ3v) is 5.81. The normalized spacial score (nSPS) is 15.3. The third-order valence-electron chi connectivity index (χ3n) is 5.81. The largest absolute Gasteiger partial charge is 0.342 e. The van der Waals surface area contributed by atoms with Crippen LogP contribution < -0.4 is 10.6 Å². The monoisotopic (exact) mass is 417 g/mol. The first-order chi connectivity index (χ1) is 13.8. The first-order valence-electron chi connectivity index (χ1n) is 10.5. The summed E-state index contributed by atoms with van der Waals surface area (Å²) in [7, 11) is 3.37. The minimum atomic E-state index is -0.765. The van der Waals surface area contributed by atoms with Crippen molar-refractivity contribution in [1.82, 2.24) is 15.5 Å². The van der Waals surface area contributed by atoms with Gasteiger partial charge in [0.2, 0.25) is 11.8 Å². The van der Waals surface area contributed by atoms with Gasteiger partial charge in [0.05, 0.1) is 12.1 Å². The number of carbonyl (C=O) groups excluding carboxylic acids is 3. The van der Waals surface area contributed by atoms with Crippen LogP contribution in [-0.4, -0.2) is 55.2 Å². The molecule has 1 aromatic rings. The predicted molar refractivity (Wildman–Crippen MR) is 121 cm³/mol. The van der Waals surface area contributed by atoms with Gasteiger partial charge in [0.25, 0.3) is 0 Å². The summed E-state index contributed by atoms with van der Waals surface area (Å²) in [4.78, 5) is 39.6. The fourth-order valence-electron chi connectivity index (χ4n) is 3.77. The zero-order valence-electron chi connectivity index (χ0n) is 19.9. The standard InChI is InChI=1S/C24H39N3O3/c1-16(2)18(15-28)27(9)22(30)20(23(3,4)5)26-21(29)19(25-8)24(6,7)17-13-11-10-12-14-17/h10-16,18-20,25H,1-9H3,(H,26,29)/t18-,19-,20-/m1/s1. The van der Waals surface area contributed by atoms with Crippen molar-refractivity contribution < 1.29 is 14.4 Å². The molecule has 0 bridgehead atoms. The Morgan fingerprint density at radius 2 is 1.53 bits per heavy atom. The molecule has 0 radical (unpaired) electrons. The summed E-state index contributed by atoms with van der Waals surface area (Å²) < 4.78 is 0. The molecule has 3 atom stereocenters. The minimum absolute atomic E-state index is 0.0187. The number of aldehydes is 1. The Hall–Kier alpha value is -2.21. The van der Waals surface area contributed by atoms with Crippen molar-refractivity contribution in [1.29, 1.82) is 0 Å². The number of hydrogen-bond donors (Lipinski definition) is 2. The predicted octanol–water partition coefficient (Wildman–Crippen LogP) is 2.77. The van der Waals surface area contributed by atoms with Crippen molar-refractivity contribution in [2.45, 2.75) is 72.0 Å². The van der Waals surface area contributed by atoms with E-state index in [9.17, 15) is 14.4 Å². The van der Waals surface area contributed by atoms with E-state index in [0.29, 0.717) is 0 Å². The summed E-state index contributed by atoms with van der Waals surface area (Å²) in [6, 6.07) is 7.97. The summed E-state index contributed by atoms with van der Waals surface area (Å²) in [5.74, 6) is -0.538. The molecule has 6 nitrogen and oxygen atoms in total. The van der Waals surface area contributed by atoms with Gasteiger partial charge in [0.15, 0.2) is 0 Å². The molecule has 6 heteroatoms. The second-order valence-electron chi connectivity index (χ2n) is 9.94. The van der Waals surface area contributed by atoms with Gasteiger partial charge < -0.3 is 20.3 Å². The fraction of sp³-hybridized carbons (Fsp3) is 0.625. The first-order valence-corrected chi connectivity index (χ1v) is 10.5. The number of nitrogens with one attached hydrogen (secondary N) is 2. The summed E-state index contributed by atoms with van der Waals surface area (Å²) >= 11 is 0. The third kappa shape index (κ3) is 5.91. The van der Waals surface area contributed by atoms with E-state index >= 15 is 0 Å². The topological polar surface area (TPSA) is 78.5 Å². The molecular formula is C24H39N3O3. The molecule has 0 heterocycles. The van der Waals surface area contributed by atoms with Gasteiger partial charge in [0.1, 0.15) is 12.3 Å². The molecule has 0 unspecified atom stereocenters. The smallest absolute Gasteiger partial charge is 0.246 e. The number of amides is 2. The van der Waals surface area contributed by atoms with Gasteiger partial charge in [-0.2, -0.15) is 0 Å². The van der Waals surface area contributed by atoms with Crippen LogP contribution in [0.15, 0.2) is 30.3 Å². The lowest BCUT2D eigenvalue weighted by Gasteiger charge is -2.39. The van der Waals surface area contributed by atoms with E-state index in [1.165, 1.54) is 4.90 Å². The minimum Gasteiger partial charge on any atom is -0.342 e. The summed E-state index contributed by atoms with van der Waals surface area (Å²) in [6.45, 7) is 13.5. The highest BCUT2D eigenvalue weighted by Crippen LogP contribution is 2.28. The number of likely N-dealkylation sites (N-methyl/N-ethyl adjacent to an activating group) is 2. The molecule has 0 aliphatic carbocycles. The first kappa shape index (κ1) is 25.8. The van der Waals surface area contributed by atoms with Crippen LogP contribution in [0.25, 0.3) is 0 Å². The Morgan fingerprint density at radius 1 is 1.00 bits per heavy atom. The quantitative estimate of drug-likeness (QED) is 0.606. The second kappa shape index (κ2) is 10.2. The van der Waals surface area contributed by atoms with Gasteiger partial charge in [-0.25, -0.2) is 0 Å². The van der Waals surface area contributed by atoms with E-state index < -0.39 is 29.0 Å². The Bertz CT molecular complexity index is 723. The zero-order chi connectivity index (χ0) is 23.3. The Morgan fingerprint density at radius 3 is 1.93 bits per heavy atom. The van der Waals surface area contributed by atoms with Gasteiger partial charge in [-0.3, -0.25) is 9.59 Å². The van der Waals surface area contributed by atoms with Crippen molar-refractivity contribution in [3.63, 3.8) is 0 Å². The summed E-state index contributed by atoms with van der Waals surface area (Å²) in [6.07, 6.45) is 0.791. The average molecular weight is 418 g/mol. The van der Waals surface area contributed by atoms with Gasteiger partial charge >= 0.3 is 0 Å². The molecule has 1 aromatic carbocycles. The molecule has 0 saturated carbocycles. The molecule has 0 aliphatic heterocycles. The maximum Gasteiger partial charge on any atom is 0.246 e. The van der Waals surface area contributed by atoms with Gasteiger partial charge in [-0.15, -0.1) is 0 Å². The summed E-state index contributed by atoms with van der Waals surface area (Å²) in [5, 5.41) is 6.10. The number of carbonyl (C=O) groups is 3. The van der Waals surface area contributed by atoms with Gasteiger partial charge in [0, 0.05) is 12.5 Å². The van der Waals surface area contributed by atoms with Crippen LogP contribution in [0, 0.1) is 11.3 Å². The lowest BCUT2D eigenvalue weighted by molar-refractivity contribution is -0.143. The van der Waals surface area contributed by atoms with Crippen molar-refractivity contribution in [3.8, 4) is 0 Å². The molecule has 0 fully saturated rings. The zero-order valence-corrected chi connectivity index (χ0v) is 19.9. The Kier molecular flexibility index (Phi) is 8.78. The van der Waals surface area contributed by atoms with E-state index in [1.807, 2.05) is 78.8 Å². The second-order valence-corrected chi connectivity index (χ2v) is 9.94. The molecule has 2 N–H and O–H groups in total. The Labute approximate surface area is 181 Å². The number of benzene rings is 1. The molecular weight excluding hydrogens is 378 g/mol. The lowest BCUT2D eigenvalue weighted by Crippen LogP contribution is -2.61. The summed E-state index contributed by atoms with van der Waals surface area (Å²) in [5.41, 5.74) is -0.00230. The maximum absolute atomic E-state index is 13.3. The highest BCUT2D eigenvalue weighted by atomic mass is 16.2. The Balaban J connectivity index is 3.19. The van der Waals surface area contributed by atoms with Crippen molar-refractivity contribution in [2.24, 2.45) is 11.3 Å². The van der Waals surface area contributed by atoms with E-state index in [-0.39, 0.29) is 17.7 Å². The molecule has 168 valence electrons. The van der Waals surface area contributed by atoms with Crippen LogP contribution in [0.3, 0.4) is 0 Å². The molecule has 0 spiro atoms. The van der Waals surface area contributed by atoms with Crippen LogP contribution in [0.4, 0.5) is 0 Å². The SMILES string of the molecule is CN[C@H](C(=O)N[C@H](C(=O)N(C)[C@H](C=O)C(C)C)C(C)(C)C)C(C)(C)c1ccccc1. The molecule has 1 rings (SSSR count). The highest BCUT2D eigenvalue weighted by molar-refractivity contribution is 5.92. The van der Waals surface area contributed by atoms with E-state index in [4.69, 9.17) is 0 Å². The lowest BCUT2D eigenvalue weighted by atomic mass is 9.76. The van der Waals surface area contributed by atoms with Crippen LogP contribution in [0.1, 0.15) is 54.0 Å². The van der Waals surface area contributed by atoms with Crippen molar-refractivity contribution in [3.05, 3.63) is 35.9 Å². The molecule has 0 aromatic heterocycles. The molecule has 30 heavy (non-hydrogen) atoms. The van der Waals surface area contributed by atoms with E-state index in [2.05, 4.69) is 10.6 Å². The number of nitrogens with zero attached hydrogens (tertiary/aromatic N) is 1. The van der Waals surface area contributed by atoms with Gasteiger partial charge in [-0.1, -0.05) is 78.8 Å². The van der Waals surface area contributed by atoms with Crippen molar-refractivity contribution >= 4 is 18.1 Å². The van der Waals surface area contributed by atoms with Crippen LogP contribution in [0.2, 0.25) is 0 Å². The van der Waals surface area contributed by atoms with Gasteiger partial charge in [-0.05, 0) is 23.9 Å². The van der Waals surface area contributed by atoms with Crippen LogP contribution in [-0.2, 0) is 19.8 Å². The number of rotatable bonds is 9. The molecule has 0 saturated heterocycles. The highest BCUT2D eigenvalue weighted by Gasteiger charge is 2.41. The molecule has 2 amide bonds. The van der Waals surface area contributed by atoms with E-state index in [0.717, 1.165) is 11.8 Å². The average Bonchev–Trinajstić information content (AvgIpc) is 2.65. The van der Waals surface area contributed by atoms with E-state index in [1.54, 1.807) is 14.1 Å². The number of hydrogen-bond acceptors (Lipinski definition) is 4. The molecule has 0 aliphatic rings. The fourth-order valence-corrected chi connectivity index (χ4v) is 3.77. The van der Waals surface area contributed by atoms with Crippen molar-refractivity contribution in [2.75, 3.05) is 14.1 Å². The van der Waals surface area contributed by atoms with Crippen LogP contribution in [0.5, 0.6) is 0 Å². The van der Waals surface area contributed by atoms with Crippen LogP contribution >= 0.6 is 0 Å². The maximum atomic E-state index is 13.3.